The second-order valence-electron chi connectivity index (χ2n) is 5.15. The molecule has 0 aliphatic carbocycles. The molecule has 16 heavy (non-hydrogen) atoms. The number of aliphatic carboxylic acids is 1. The summed E-state index contributed by atoms with van der Waals surface area (Å²) in [5, 5.41) is 9.25. The van der Waals surface area contributed by atoms with E-state index in [9.17, 15) is 9.90 Å². The highest BCUT2D eigenvalue weighted by Crippen LogP contribution is 2.24. The molecule has 0 bridgehead atoms. The van der Waals surface area contributed by atoms with Gasteiger partial charge in [-0.05, 0) is 45.8 Å². The van der Waals surface area contributed by atoms with Gasteiger partial charge in [-0.1, -0.05) is 6.42 Å². The van der Waals surface area contributed by atoms with Crippen LogP contribution in [0.1, 0.15) is 32.1 Å². The van der Waals surface area contributed by atoms with E-state index in [-0.39, 0.29) is 6.04 Å². The Hall–Kier alpha value is -0.610. The Morgan fingerprint density at radius 2 is 2.00 bits per heavy atom. The van der Waals surface area contributed by atoms with Gasteiger partial charge in [0.1, 0.15) is 6.04 Å². The maximum absolute atomic E-state index is 11.2. The predicted octanol–water partition coefficient (Wildman–Crippen LogP) is 1.02. The van der Waals surface area contributed by atoms with Crippen LogP contribution in [0.25, 0.3) is 0 Å². The van der Waals surface area contributed by atoms with E-state index in [1.807, 2.05) is 0 Å². The van der Waals surface area contributed by atoms with E-state index in [4.69, 9.17) is 0 Å². The van der Waals surface area contributed by atoms with Gasteiger partial charge in [0.15, 0.2) is 0 Å². The van der Waals surface area contributed by atoms with Crippen molar-refractivity contribution in [2.45, 2.75) is 44.2 Å². The lowest BCUT2D eigenvalue weighted by Gasteiger charge is -2.42. The molecule has 2 saturated heterocycles. The molecule has 0 aromatic rings. The van der Waals surface area contributed by atoms with E-state index in [1.165, 1.54) is 6.42 Å². The van der Waals surface area contributed by atoms with E-state index in [0.29, 0.717) is 6.04 Å². The van der Waals surface area contributed by atoms with Crippen molar-refractivity contribution < 1.29 is 9.90 Å². The number of piperidine rings is 2. The van der Waals surface area contributed by atoms with Gasteiger partial charge in [-0.3, -0.25) is 9.69 Å². The molecule has 0 amide bonds. The molecule has 0 radical (unpaired) electrons. The van der Waals surface area contributed by atoms with Crippen LogP contribution in [-0.4, -0.2) is 59.6 Å². The van der Waals surface area contributed by atoms with E-state index in [0.717, 1.165) is 45.3 Å². The molecule has 2 fully saturated rings. The van der Waals surface area contributed by atoms with Crippen LogP contribution in [0.2, 0.25) is 0 Å². The molecule has 4 nitrogen and oxygen atoms in total. The fourth-order valence-electron chi connectivity index (χ4n) is 3.07. The number of nitrogens with zero attached hydrogens (tertiary/aromatic N) is 2. The summed E-state index contributed by atoms with van der Waals surface area (Å²) in [6.45, 7) is 3.15. The maximum Gasteiger partial charge on any atom is 0.320 e. The molecule has 2 heterocycles. The average Bonchev–Trinajstić information content (AvgIpc) is 2.29. The quantitative estimate of drug-likeness (QED) is 0.763. The van der Waals surface area contributed by atoms with E-state index in [1.54, 1.807) is 0 Å². The third kappa shape index (κ3) is 2.55. The monoisotopic (exact) mass is 226 g/mol. The molecule has 0 saturated carbocycles. The largest absolute Gasteiger partial charge is 0.480 e. The first kappa shape index (κ1) is 11.9. The summed E-state index contributed by atoms with van der Waals surface area (Å²) < 4.78 is 0. The molecule has 2 aliphatic rings. The molecular weight excluding hydrogens is 204 g/mol. The Balaban J connectivity index is 2.01. The van der Waals surface area contributed by atoms with Crippen molar-refractivity contribution in [3.05, 3.63) is 0 Å². The molecule has 0 aromatic heterocycles. The number of carbonyl (C=O) groups is 1. The van der Waals surface area contributed by atoms with Crippen molar-refractivity contribution in [1.82, 2.24) is 9.80 Å². The number of hydrogen-bond donors (Lipinski definition) is 1. The van der Waals surface area contributed by atoms with Gasteiger partial charge in [0.05, 0.1) is 0 Å². The molecule has 2 rings (SSSR count). The molecule has 1 N–H and O–H groups in total. The molecule has 0 spiro atoms. The number of carboxylic acid groups (broad SMARTS) is 1. The van der Waals surface area contributed by atoms with E-state index < -0.39 is 5.97 Å². The lowest BCUT2D eigenvalue weighted by Crippen LogP contribution is -2.55. The second kappa shape index (κ2) is 5.15. The first-order valence-corrected chi connectivity index (χ1v) is 6.35. The van der Waals surface area contributed by atoms with Crippen LogP contribution in [0.3, 0.4) is 0 Å². The second-order valence-corrected chi connectivity index (χ2v) is 5.15. The Kier molecular flexibility index (Phi) is 3.82. The zero-order chi connectivity index (χ0) is 11.5. The highest BCUT2D eigenvalue weighted by atomic mass is 16.4. The predicted molar refractivity (Wildman–Crippen MR) is 62.5 cm³/mol. The SMILES string of the molecule is CN1CCCC(N2CCCCC2C(=O)O)C1. The number of likely N-dealkylation sites (tertiary alicyclic amines) is 2. The summed E-state index contributed by atoms with van der Waals surface area (Å²) in [6, 6.07) is 0.227. The van der Waals surface area contributed by atoms with Crippen molar-refractivity contribution >= 4 is 5.97 Å². The first-order valence-electron chi connectivity index (χ1n) is 6.35. The van der Waals surface area contributed by atoms with Crippen LogP contribution in [-0.2, 0) is 4.79 Å². The van der Waals surface area contributed by atoms with Crippen molar-refractivity contribution in [2.24, 2.45) is 0 Å². The van der Waals surface area contributed by atoms with Crippen molar-refractivity contribution in [3.63, 3.8) is 0 Å². The van der Waals surface area contributed by atoms with Gasteiger partial charge in [-0.25, -0.2) is 0 Å². The minimum atomic E-state index is -0.632. The van der Waals surface area contributed by atoms with Crippen LogP contribution in [0.15, 0.2) is 0 Å². The Labute approximate surface area is 97.2 Å². The van der Waals surface area contributed by atoms with Crippen LogP contribution in [0.4, 0.5) is 0 Å². The number of carboxylic acids is 1. The summed E-state index contributed by atoms with van der Waals surface area (Å²) in [5.41, 5.74) is 0. The van der Waals surface area contributed by atoms with Gasteiger partial charge >= 0.3 is 5.97 Å². The van der Waals surface area contributed by atoms with Crippen LogP contribution < -0.4 is 0 Å². The summed E-state index contributed by atoms with van der Waals surface area (Å²) in [6.07, 6.45) is 5.41. The Morgan fingerprint density at radius 3 is 2.69 bits per heavy atom. The third-order valence-electron chi connectivity index (χ3n) is 3.90. The summed E-state index contributed by atoms with van der Waals surface area (Å²) in [7, 11) is 2.13. The number of rotatable bonds is 2. The molecule has 0 aromatic carbocycles. The summed E-state index contributed by atoms with van der Waals surface area (Å²) in [5.74, 6) is -0.632. The van der Waals surface area contributed by atoms with E-state index >= 15 is 0 Å². The lowest BCUT2D eigenvalue weighted by atomic mass is 9.96. The molecule has 92 valence electrons. The molecule has 2 unspecified atom stereocenters. The highest BCUT2D eigenvalue weighted by molar-refractivity contribution is 5.73. The van der Waals surface area contributed by atoms with Gasteiger partial charge in [0.25, 0.3) is 0 Å². The molecular formula is C12H22N2O2. The van der Waals surface area contributed by atoms with Crippen LogP contribution in [0, 0.1) is 0 Å². The van der Waals surface area contributed by atoms with Gasteiger partial charge in [-0.15, -0.1) is 0 Å². The van der Waals surface area contributed by atoms with Gasteiger partial charge < -0.3 is 10.0 Å². The number of likely N-dealkylation sites (N-methyl/N-ethyl adjacent to an activating group) is 1. The Bertz CT molecular complexity index is 257. The van der Waals surface area contributed by atoms with Crippen LogP contribution in [0.5, 0.6) is 0 Å². The van der Waals surface area contributed by atoms with Crippen molar-refractivity contribution in [3.8, 4) is 0 Å². The minimum absolute atomic E-state index is 0.231. The third-order valence-corrected chi connectivity index (χ3v) is 3.90. The topological polar surface area (TPSA) is 43.8 Å². The minimum Gasteiger partial charge on any atom is -0.480 e. The molecule has 4 heteroatoms. The standard InChI is InChI=1S/C12H22N2O2/c1-13-7-4-5-10(9-13)14-8-3-2-6-11(14)12(15)16/h10-11H,2-9H2,1H3,(H,15,16). The smallest absolute Gasteiger partial charge is 0.320 e. The Morgan fingerprint density at radius 1 is 1.19 bits per heavy atom. The fourth-order valence-corrected chi connectivity index (χ4v) is 3.07. The summed E-state index contributed by atoms with van der Waals surface area (Å²) >= 11 is 0. The van der Waals surface area contributed by atoms with Gasteiger partial charge in [-0.2, -0.15) is 0 Å². The molecule has 2 atom stereocenters. The fraction of sp³-hybridized carbons (Fsp3) is 0.917. The average molecular weight is 226 g/mol. The van der Waals surface area contributed by atoms with E-state index in [2.05, 4.69) is 16.8 Å². The van der Waals surface area contributed by atoms with Gasteiger partial charge in [0, 0.05) is 12.6 Å². The zero-order valence-corrected chi connectivity index (χ0v) is 10.1. The number of hydrogen-bond acceptors (Lipinski definition) is 3. The normalized spacial score (nSPS) is 33.8. The highest BCUT2D eigenvalue weighted by Gasteiger charge is 2.34. The van der Waals surface area contributed by atoms with Crippen LogP contribution >= 0.6 is 0 Å². The first-order chi connectivity index (χ1) is 7.68. The summed E-state index contributed by atoms with van der Waals surface area (Å²) in [4.78, 5) is 15.8. The lowest BCUT2D eigenvalue weighted by molar-refractivity contribution is -0.146. The maximum atomic E-state index is 11.2. The van der Waals surface area contributed by atoms with Crippen molar-refractivity contribution in [1.29, 1.82) is 0 Å². The molecule has 2 aliphatic heterocycles. The van der Waals surface area contributed by atoms with Crippen molar-refractivity contribution in [2.75, 3.05) is 26.7 Å². The zero-order valence-electron chi connectivity index (χ0n) is 10.1. The van der Waals surface area contributed by atoms with Gasteiger partial charge in [0.2, 0.25) is 0 Å².